The van der Waals surface area contributed by atoms with Crippen molar-refractivity contribution in [2.75, 3.05) is 26.0 Å². The number of hydrogen-bond acceptors (Lipinski definition) is 7. The van der Waals surface area contributed by atoms with Gasteiger partial charge in [0.05, 0.1) is 23.8 Å². The molecule has 1 fully saturated rings. The van der Waals surface area contributed by atoms with Crippen molar-refractivity contribution in [1.82, 2.24) is 9.80 Å². The van der Waals surface area contributed by atoms with Crippen LogP contribution in [0.1, 0.15) is 33.6 Å². The lowest BCUT2D eigenvalue weighted by atomic mass is 10.0. The normalized spacial score (nSPS) is 18.2. The minimum absolute atomic E-state index is 0.216. The standard InChI is InChI=1S/C20H28N2O8S/c1-5-6-11-30-14-7-9-15(10-8-14)31(28,29)13-20(27,17(24)25)12-22-16(23)19(2,3)21(4)18(22)26/h7-10,27H,5-6,11-13H2,1-4H3,(H,24,25). The molecule has 1 unspecified atom stereocenters. The van der Waals surface area contributed by atoms with Crippen LogP contribution in [-0.4, -0.2) is 83.4 Å². The van der Waals surface area contributed by atoms with Crippen LogP contribution in [0.4, 0.5) is 4.79 Å². The van der Waals surface area contributed by atoms with Gasteiger partial charge in [0.25, 0.3) is 5.91 Å². The average Bonchev–Trinajstić information content (AvgIpc) is 2.83. The van der Waals surface area contributed by atoms with Crippen molar-refractivity contribution in [2.24, 2.45) is 0 Å². The lowest BCUT2D eigenvalue weighted by Gasteiger charge is -2.27. The zero-order chi connectivity index (χ0) is 23.6. The van der Waals surface area contributed by atoms with Gasteiger partial charge in [-0.3, -0.25) is 9.69 Å². The van der Waals surface area contributed by atoms with Crippen LogP contribution in [0.2, 0.25) is 0 Å². The third-order valence-corrected chi connectivity index (χ3v) is 7.17. The first kappa shape index (κ1) is 24.6. The first-order valence-corrected chi connectivity index (χ1v) is 11.4. The molecule has 1 aromatic carbocycles. The fraction of sp³-hybridized carbons (Fsp3) is 0.550. The number of hydrogen-bond donors (Lipinski definition) is 2. The number of ether oxygens (including phenoxy) is 1. The number of unbranched alkanes of at least 4 members (excludes halogenated alkanes) is 1. The van der Waals surface area contributed by atoms with Crippen molar-refractivity contribution in [3.05, 3.63) is 24.3 Å². The summed E-state index contributed by atoms with van der Waals surface area (Å²) in [5.41, 5.74) is -4.13. The fourth-order valence-corrected chi connectivity index (χ4v) is 4.59. The molecule has 10 nitrogen and oxygen atoms in total. The molecule has 2 rings (SSSR count). The number of benzene rings is 1. The molecule has 0 aromatic heterocycles. The van der Waals surface area contributed by atoms with E-state index >= 15 is 0 Å². The largest absolute Gasteiger partial charge is 0.494 e. The highest BCUT2D eigenvalue weighted by molar-refractivity contribution is 7.91. The Morgan fingerprint density at radius 2 is 1.77 bits per heavy atom. The van der Waals surface area contributed by atoms with E-state index in [0.29, 0.717) is 17.3 Å². The average molecular weight is 457 g/mol. The predicted molar refractivity (Wildman–Crippen MR) is 110 cm³/mol. The van der Waals surface area contributed by atoms with Crippen molar-refractivity contribution in [2.45, 2.75) is 49.6 Å². The van der Waals surface area contributed by atoms with E-state index in [4.69, 9.17) is 4.74 Å². The van der Waals surface area contributed by atoms with Gasteiger partial charge < -0.3 is 19.8 Å². The van der Waals surface area contributed by atoms with E-state index in [1.165, 1.54) is 45.2 Å². The zero-order valence-corrected chi connectivity index (χ0v) is 18.8. The molecule has 0 saturated carbocycles. The minimum Gasteiger partial charge on any atom is -0.494 e. The van der Waals surface area contributed by atoms with Crippen molar-refractivity contribution in [3.8, 4) is 5.75 Å². The van der Waals surface area contributed by atoms with E-state index in [0.717, 1.165) is 17.7 Å². The highest BCUT2D eigenvalue weighted by Crippen LogP contribution is 2.28. The zero-order valence-electron chi connectivity index (χ0n) is 18.0. The Morgan fingerprint density at radius 1 is 1.19 bits per heavy atom. The van der Waals surface area contributed by atoms with Gasteiger partial charge in [0.2, 0.25) is 0 Å². The summed E-state index contributed by atoms with van der Waals surface area (Å²) < 4.78 is 31.0. The van der Waals surface area contributed by atoms with Crippen molar-refractivity contribution < 1.29 is 37.8 Å². The van der Waals surface area contributed by atoms with E-state index < -0.39 is 51.2 Å². The van der Waals surface area contributed by atoms with Gasteiger partial charge in [0.1, 0.15) is 11.3 Å². The predicted octanol–water partition coefficient (Wildman–Crippen LogP) is 1.13. The lowest BCUT2D eigenvalue weighted by molar-refractivity contribution is -0.158. The second-order valence-corrected chi connectivity index (χ2v) is 10.1. The summed E-state index contributed by atoms with van der Waals surface area (Å²) in [5.74, 6) is -3.35. The minimum atomic E-state index is -4.27. The number of rotatable bonds is 10. The molecule has 172 valence electrons. The summed E-state index contributed by atoms with van der Waals surface area (Å²) in [6.07, 6.45) is 1.78. The maximum absolute atomic E-state index is 12.8. The number of carboxylic acids is 1. The van der Waals surface area contributed by atoms with Gasteiger partial charge in [0.15, 0.2) is 15.4 Å². The van der Waals surface area contributed by atoms with E-state index in [-0.39, 0.29) is 4.90 Å². The topological polar surface area (TPSA) is 142 Å². The molecule has 1 aliphatic rings. The highest BCUT2D eigenvalue weighted by atomic mass is 32.2. The highest BCUT2D eigenvalue weighted by Gasteiger charge is 2.54. The number of likely N-dealkylation sites (N-methyl/N-ethyl adjacent to an activating group) is 1. The quantitative estimate of drug-likeness (QED) is 0.394. The van der Waals surface area contributed by atoms with Crippen LogP contribution in [0.25, 0.3) is 0 Å². The molecular formula is C20H28N2O8S. The number of aliphatic hydroxyl groups is 1. The summed E-state index contributed by atoms with van der Waals surface area (Å²) in [6, 6.07) is 4.56. The van der Waals surface area contributed by atoms with E-state index in [1.807, 2.05) is 6.92 Å². The molecule has 3 amide bonds. The first-order chi connectivity index (χ1) is 14.3. The molecule has 1 aromatic rings. The third kappa shape index (κ3) is 4.99. The number of carbonyl (C=O) groups is 3. The Balaban J connectivity index is 2.24. The first-order valence-electron chi connectivity index (χ1n) is 9.77. The van der Waals surface area contributed by atoms with Gasteiger partial charge in [-0.05, 0) is 44.5 Å². The van der Waals surface area contributed by atoms with E-state index in [9.17, 15) is 33.0 Å². The molecule has 0 spiro atoms. The molecule has 1 saturated heterocycles. The smallest absolute Gasteiger partial charge is 0.338 e. The molecule has 2 N–H and O–H groups in total. The van der Waals surface area contributed by atoms with Gasteiger partial charge in [-0.25, -0.2) is 18.0 Å². The summed E-state index contributed by atoms with van der Waals surface area (Å²) >= 11 is 0. The maximum atomic E-state index is 12.8. The second kappa shape index (κ2) is 8.83. The SMILES string of the molecule is CCCCOc1ccc(S(=O)(=O)CC(O)(CN2C(=O)N(C)C(C)(C)C2=O)C(=O)O)cc1. The third-order valence-electron chi connectivity index (χ3n) is 5.32. The summed E-state index contributed by atoms with van der Waals surface area (Å²) in [5, 5.41) is 20.2. The Labute approximate surface area is 181 Å². The molecule has 1 aliphatic heterocycles. The Bertz CT molecular complexity index is 958. The monoisotopic (exact) mass is 456 g/mol. The number of carbonyl (C=O) groups excluding carboxylic acids is 2. The number of carboxylic acid groups (broad SMARTS) is 1. The van der Waals surface area contributed by atoms with Gasteiger partial charge >= 0.3 is 12.0 Å². The number of β-amino-alcohol motifs (C(OH)–C–C–N with tert-alkyl or cyclic N) is 1. The van der Waals surface area contributed by atoms with Gasteiger partial charge in [-0.2, -0.15) is 0 Å². The van der Waals surface area contributed by atoms with Gasteiger partial charge in [0, 0.05) is 7.05 Å². The number of aliphatic carboxylic acids is 1. The summed E-state index contributed by atoms with van der Waals surface area (Å²) in [6.45, 7) is 4.42. The van der Waals surface area contributed by atoms with Crippen LogP contribution in [0.5, 0.6) is 5.75 Å². The van der Waals surface area contributed by atoms with Crippen molar-refractivity contribution in [3.63, 3.8) is 0 Å². The lowest BCUT2D eigenvalue weighted by Crippen LogP contribution is -2.55. The Morgan fingerprint density at radius 3 is 2.23 bits per heavy atom. The Kier molecular flexibility index (Phi) is 7.01. The van der Waals surface area contributed by atoms with Gasteiger partial charge in [-0.15, -0.1) is 0 Å². The van der Waals surface area contributed by atoms with Crippen LogP contribution in [-0.2, 0) is 19.4 Å². The molecule has 1 atom stereocenters. The second-order valence-electron chi connectivity index (χ2n) is 8.06. The van der Waals surface area contributed by atoms with Crippen LogP contribution >= 0.6 is 0 Å². The molecule has 0 aliphatic carbocycles. The van der Waals surface area contributed by atoms with Crippen LogP contribution in [0.15, 0.2) is 29.2 Å². The number of urea groups is 1. The van der Waals surface area contributed by atoms with Crippen molar-refractivity contribution in [1.29, 1.82) is 0 Å². The van der Waals surface area contributed by atoms with Crippen LogP contribution in [0, 0.1) is 0 Å². The fourth-order valence-electron chi connectivity index (χ4n) is 3.03. The van der Waals surface area contributed by atoms with E-state index in [1.54, 1.807) is 0 Å². The number of amides is 3. The van der Waals surface area contributed by atoms with Crippen LogP contribution in [0.3, 0.4) is 0 Å². The maximum Gasteiger partial charge on any atom is 0.338 e. The van der Waals surface area contributed by atoms with Crippen LogP contribution < -0.4 is 4.74 Å². The number of sulfone groups is 1. The molecule has 0 bridgehead atoms. The summed E-state index contributed by atoms with van der Waals surface area (Å²) in [7, 11) is -2.91. The molecule has 11 heteroatoms. The molecule has 1 heterocycles. The molecular weight excluding hydrogens is 428 g/mol. The molecule has 0 radical (unpaired) electrons. The summed E-state index contributed by atoms with van der Waals surface area (Å²) in [4.78, 5) is 38.1. The van der Waals surface area contributed by atoms with E-state index in [2.05, 4.69) is 0 Å². The number of imide groups is 1. The Hall–Kier alpha value is -2.66. The van der Waals surface area contributed by atoms with Gasteiger partial charge in [-0.1, -0.05) is 13.3 Å². The number of nitrogens with zero attached hydrogens (tertiary/aromatic N) is 2. The van der Waals surface area contributed by atoms with Crippen molar-refractivity contribution >= 4 is 27.7 Å². The molecule has 31 heavy (non-hydrogen) atoms.